The minimum atomic E-state index is -0.239. The maximum absolute atomic E-state index is 13.2. The van der Waals surface area contributed by atoms with Crippen LogP contribution >= 0.6 is 0 Å². The molecule has 2 N–H and O–H groups in total. The molecule has 0 spiro atoms. The van der Waals surface area contributed by atoms with Crippen LogP contribution in [-0.4, -0.2) is 37.5 Å². The van der Waals surface area contributed by atoms with Gasteiger partial charge in [0.15, 0.2) is 0 Å². The molecule has 2 aromatic heterocycles. The van der Waals surface area contributed by atoms with Crippen molar-refractivity contribution in [2.75, 3.05) is 12.4 Å². The van der Waals surface area contributed by atoms with E-state index in [2.05, 4.69) is 32.2 Å². The number of aryl methyl sites for hydroxylation is 1. The van der Waals surface area contributed by atoms with Crippen molar-refractivity contribution in [1.82, 2.24) is 19.1 Å². The van der Waals surface area contributed by atoms with E-state index in [0.29, 0.717) is 11.9 Å². The zero-order valence-electron chi connectivity index (χ0n) is 21.7. The molecule has 8 heteroatoms. The Bertz CT molecular complexity index is 1440. The van der Waals surface area contributed by atoms with Crippen LogP contribution in [0.1, 0.15) is 57.2 Å². The number of fused-ring (bicyclic) bond motifs is 1. The second-order valence-electron chi connectivity index (χ2n) is 10.8. The van der Waals surface area contributed by atoms with E-state index in [4.69, 9.17) is 9.84 Å². The number of rotatable bonds is 6. The Morgan fingerprint density at radius 1 is 1.11 bits per heavy atom. The highest BCUT2D eigenvalue weighted by Crippen LogP contribution is 2.36. The molecule has 1 aliphatic rings. The molecule has 0 bridgehead atoms. The summed E-state index contributed by atoms with van der Waals surface area (Å²) in [6.45, 7) is 6.87. The molecule has 5 rings (SSSR count). The zero-order chi connectivity index (χ0) is 25.6. The monoisotopic (exact) mass is 489 g/mol. The van der Waals surface area contributed by atoms with Crippen molar-refractivity contribution >= 4 is 22.4 Å². The van der Waals surface area contributed by atoms with Gasteiger partial charge in [-0.05, 0) is 75.9 Å². The van der Waals surface area contributed by atoms with Gasteiger partial charge < -0.3 is 15.2 Å². The van der Waals surface area contributed by atoms with E-state index in [-0.39, 0.29) is 23.1 Å². The van der Waals surface area contributed by atoms with E-state index in [0.717, 1.165) is 53.3 Å². The number of benzene rings is 2. The van der Waals surface area contributed by atoms with Crippen LogP contribution in [0.15, 0.2) is 53.3 Å². The first-order chi connectivity index (χ1) is 17.1. The molecule has 1 saturated carbocycles. The van der Waals surface area contributed by atoms with Gasteiger partial charge >= 0.3 is 0 Å². The van der Waals surface area contributed by atoms with Crippen molar-refractivity contribution in [2.24, 2.45) is 7.05 Å². The molecule has 0 saturated heterocycles. The predicted molar refractivity (Wildman–Crippen MR) is 142 cm³/mol. The van der Waals surface area contributed by atoms with Gasteiger partial charge in [-0.2, -0.15) is 5.10 Å². The van der Waals surface area contributed by atoms with Crippen LogP contribution < -0.4 is 15.6 Å². The van der Waals surface area contributed by atoms with Gasteiger partial charge in [0, 0.05) is 24.7 Å². The summed E-state index contributed by atoms with van der Waals surface area (Å²) in [6, 6.07) is 15.7. The lowest BCUT2D eigenvalue weighted by Crippen LogP contribution is -2.24. The van der Waals surface area contributed by atoms with Crippen molar-refractivity contribution in [3.8, 4) is 5.75 Å². The number of nitrogens with zero attached hydrogens (tertiary/aromatic N) is 4. The van der Waals surface area contributed by atoms with E-state index < -0.39 is 0 Å². The summed E-state index contributed by atoms with van der Waals surface area (Å²) in [5.74, 6) is 1.97. The molecule has 0 unspecified atom stereocenters. The molecule has 2 aromatic carbocycles. The molecule has 0 amide bonds. The lowest BCUT2D eigenvalue weighted by Gasteiger charge is -2.23. The summed E-state index contributed by atoms with van der Waals surface area (Å²) in [7, 11) is 3.56. The summed E-state index contributed by atoms with van der Waals surface area (Å²) in [4.78, 5) is 13.2. The zero-order valence-corrected chi connectivity index (χ0v) is 21.7. The van der Waals surface area contributed by atoms with Crippen molar-refractivity contribution in [3.63, 3.8) is 0 Å². The number of nitrogens with one attached hydrogen (secondary N) is 1. The number of hydrogen-bond donors (Lipinski definition) is 2. The predicted octanol–water partition coefficient (Wildman–Crippen LogP) is 4.72. The lowest BCUT2D eigenvalue weighted by atomic mass is 10.0. The van der Waals surface area contributed by atoms with Gasteiger partial charge in [0.2, 0.25) is 0 Å². The van der Waals surface area contributed by atoms with E-state index in [1.54, 1.807) is 11.8 Å². The summed E-state index contributed by atoms with van der Waals surface area (Å²) < 4.78 is 10.9. The Kier molecular flexibility index (Phi) is 6.16. The number of methoxy groups -OCH3 is 1. The van der Waals surface area contributed by atoms with Crippen molar-refractivity contribution in [3.05, 3.63) is 70.1 Å². The third kappa shape index (κ3) is 4.53. The number of aromatic nitrogens is 4. The van der Waals surface area contributed by atoms with Gasteiger partial charge in [-0.3, -0.25) is 9.48 Å². The van der Waals surface area contributed by atoms with Crippen LogP contribution in [-0.2, 0) is 19.1 Å². The molecule has 0 aliphatic heterocycles. The SMILES string of the molecule is COc1ccc(Cn2c(=O)c3ccc(Nc4cc([C@H]5CC[C@@H](O)C5)nn4C(C)(C)C)cc3n2C)cc1. The number of anilines is 2. The average Bonchev–Trinajstić information content (AvgIpc) is 3.53. The molecule has 1 fully saturated rings. The molecule has 190 valence electrons. The van der Waals surface area contributed by atoms with Gasteiger partial charge in [0.25, 0.3) is 5.56 Å². The Morgan fingerprint density at radius 3 is 2.50 bits per heavy atom. The van der Waals surface area contributed by atoms with Gasteiger partial charge in [-0.25, -0.2) is 9.36 Å². The van der Waals surface area contributed by atoms with E-state index in [9.17, 15) is 9.90 Å². The molecule has 2 heterocycles. The summed E-state index contributed by atoms with van der Waals surface area (Å²) in [5, 5.41) is 19.2. The Balaban J connectivity index is 1.46. The van der Waals surface area contributed by atoms with Crippen LogP contribution in [0.4, 0.5) is 11.5 Å². The number of hydrogen-bond acceptors (Lipinski definition) is 5. The smallest absolute Gasteiger partial charge is 0.274 e. The first kappa shape index (κ1) is 24.2. The molecule has 1 aliphatic carbocycles. The molecule has 8 nitrogen and oxygen atoms in total. The molecular weight excluding hydrogens is 454 g/mol. The maximum Gasteiger partial charge on any atom is 0.274 e. The highest BCUT2D eigenvalue weighted by atomic mass is 16.5. The number of aliphatic hydroxyl groups excluding tert-OH is 1. The lowest BCUT2D eigenvalue weighted by molar-refractivity contribution is 0.181. The molecule has 4 aromatic rings. The Hall–Kier alpha value is -3.52. The van der Waals surface area contributed by atoms with Crippen LogP contribution in [0.3, 0.4) is 0 Å². The summed E-state index contributed by atoms with van der Waals surface area (Å²) >= 11 is 0. The van der Waals surface area contributed by atoms with E-state index in [1.165, 1.54) is 0 Å². The first-order valence-electron chi connectivity index (χ1n) is 12.5. The standard InChI is InChI=1S/C28H35N5O3/c1-28(2,3)33-26(16-24(30-33)19-8-10-21(34)14-19)29-20-9-13-23-25(15-20)31(4)32(27(23)35)17-18-6-11-22(36-5)12-7-18/h6-7,9,11-13,15-16,19,21,29,34H,8,10,14,17H2,1-5H3/t19-,21+/m0/s1. The average molecular weight is 490 g/mol. The van der Waals surface area contributed by atoms with Crippen LogP contribution in [0.2, 0.25) is 0 Å². The first-order valence-corrected chi connectivity index (χ1v) is 12.5. The third-order valence-electron chi connectivity index (χ3n) is 7.12. The fourth-order valence-corrected chi connectivity index (χ4v) is 5.12. The number of ether oxygens (including phenoxy) is 1. The minimum absolute atomic E-state index is 0.0170. The topological polar surface area (TPSA) is 86.2 Å². The maximum atomic E-state index is 13.2. The van der Waals surface area contributed by atoms with Gasteiger partial charge in [-0.15, -0.1) is 0 Å². The molecule has 36 heavy (non-hydrogen) atoms. The third-order valence-corrected chi connectivity index (χ3v) is 7.12. The van der Waals surface area contributed by atoms with Crippen molar-refractivity contribution < 1.29 is 9.84 Å². The largest absolute Gasteiger partial charge is 0.497 e. The Morgan fingerprint density at radius 2 is 1.86 bits per heavy atom. The fraction of sp³-hybridized carbons (Fsp3) is 0.429. The van der Waals surface area contributed by atoms with E-state index >= 15 is 0 Å². The van der Waals surface area contributed by atoms with E-state index in [1.807, 2.05) is 58.9 Å². The summed E-state index contributed by atoms with van der Waals surface area (Å²) in [6.07, 6.45) is 2.30. The minimum Gasteiger partial charge on any atom is -0.497 e. The van der Waals surface area contributed by atoms with Gasteiger partial charge in [0.1, 0.15) is 11.6 Å². The van der Waals surface area contributed by atoms with Crippen molar-refractivity contribution in [2.45, 2.75) is 64.1 Å². The highest BCUT2D eigenvalue weighted by molar-refractivity contribution is 5.83. The molecule has 2 atom stereocenters. The second-order valence-corrected chi connectivity index (χ2v) is 10.8. The van der Waals surface area contributed by atoms with Gasteiger partial charge in [-0.1, -0.05) is 12.1 Å². The second kappa shape index (κ2) is 9.17. The summed E-state index contributed by atoms with van der Waals surface area (Å²) in [5.41, 5.74) is 3.57. The molecular formula is C28H35N5O3. The van der Waals surface area contributed by atoms with Crippen LogP contribution in [0, 0.1) is 0 Å². The quantitative estimate of drug-likeness (QED) is 0.409. The van der Waals surface area contributed by atoms with Crippen molar-refractivity contribution in [1.29, 1.82) is 0 Å². The van der Waals surface area contributed by atoms with Crippen LogP contribution in [0.5, 0.6) is 5.75 Å². The number of aliphatic hydroxyl groups is 1. The fourth-order valence-electron chi connectivity index (χ4n) is 5.12. The van der Waals surface area contributed by atoms with Gasteiger partial charge in [0.05, 0.1) is 41.9 Å². The van der Waals surface area contributed by atoms with Crippen LogP contribution in [0.25, 0.3) is 10.9 Å². The highest BCUT2D eigenvalue weighted by Gasteiger charge is 2.29. The Labute approximate surface area is 211 Å². The molecule has 0 radical (unpaired) electrons. The normalized spacial score (nSPS) is 18.2.